The molecule has 1 aliphatic rings. The number of benzene rings is 1. The summed E-state index contributed by atoms with van der Waals surface area (Å²) in [6.07, 6.45) is 3.78. The predicted molar refractivity (Wildman–Crippen MR) is 86.9 cm³/mol. The lowest BCUT2D eigenvalue weighted by Gasteiger charge is -2.38. The third-order valence-corrected chi connectivity index (χ3v) is 4.38. The van der Waals surface area contributed by atoms with E-state index in [2.05, 4.69) is 26.1 Å². The number of carbonyl (C=O) groups excluding carboxylic acids is 1. The van der Waals surface area contributed by atoms with Crippen LogP contribution in [0.3, 0.4) is 0 Å². The largest absolute Gasteiger partial charge is 0.478 e. The molecule has 0 saturated heterocycles. The minimum Gasteiger partial charge on any atom is -0.478 e. The molecule has 2 rings (SSSR count). The first-order chi connectivity index (χ1) is 10.3. The van der Waals surface area contributed by atoms with E-state index in [4.69, 9.17) is 5.11 Å². The average Bonchev–Trinajstić information content (AvgIpc) is 2.36. The van der Waals surface area contributed by atoms with Crippen LogP contribution in [0.4, 0.5) is 5.69 Å². The zero-order chi connectivity index (χ0) is 16.3. The molecule has 0 heterocycles. The highest BCUT2D eigenvalue weighted by molar-refractivity contribution is 6.00. The van der Waals surface area contributed by atoms with E-state index in [0.29, 0.717) is 23.9 Å². The number of anilines is 1. The Bertz CT molecular complexity index is 565. The molecule has 0 aromatic heterocycles. The smallest absolute Gasteiger partial charge is 0.337 e. The van der Waals surface area contributed by atoms with E-state index in [-0.39, 0.29) is 16.9 Å². The van der Waals surface area contributed by atoms with Crippen molar-refractivity contribution in [2.45, 2.75) is 46.5 Å². The van der Waals surface area contributed by atoms with Gasteiger partial charge in [-0.3, -0.25) is 4.79 Å². The van der Waals surface area contributed by atoms with Crippen LogP contribution in [0.25, 0.3) is 0 Å². The van der Waals surface area contributed by atoms with Gasteiger partial charge in [0.25, 0.3) is 0 Å². The molecule has 1 aromatic rings. The highest BCUT2D eigenvalue weighted by Crippen LogP contribution is 2.42. The van der Waals surface area contributed by atoms with Crippen LogP contribution in [0.5, 0.6) is 0 Å². The van der Waals surface area contributed by atoms with E-state index in [0.717, 1.165) is 12.8 Å². The van der Waals surface area contributed by atoms with E-state index in [1.807, 2.05) is 0 Å². The molecule has 0 aliphatic heterocycles. The molecule has 1 amide bonds. The molecule has 1 aromatic carbocycles. The fourth-order valence-electron chi connectivity index (χ4n) is 3.94. The summed E-state index contributed by atoms with van der Waals surface area (Å²) in [5, 5.41) is 11.9. The number of hydrogen-bond donors (Lipinski definition) is 2. The quantitative estimate of drug-likeness (QED) is 0.877. The van der Waals surface area contributed by atoms with E-state index >= 15 is 0 Å². The van der Waals surface area contributed by atoms with Gasteiger partial charge < -0.3 is 10.4 Å². The Labute approximate surface area is 131 Å². The molecular formula is C18H25NO3. The van der Waals surface area contributed by atoms with Gasteiger partial charge in [0.15, 0.2) is 0 Å². The third-order valence-electron chi connectivity index (χ3n) is 4.38. The van der Waals surface area contributed by atoms with E-state index in [1.165, 1.54) is 12.5 Å². The first-order valence-electron chi connectivity index (χ1n) is 7.89. The van der Waals surface area contributed by atoms with Crippen LogP contribution in [0.1, 0.15) is 56.8 Å². The molecule has 1 saturated carbocycles. The second kappa shape index (κ2) is 6.51. The van der Waals surface area contributed by atoms with Gasteiger partial charge in [-0.2, -0.15) is 0 Å². The minimum atomic E-state index is -1.02. The van der Waals surface area contributed by atoms with Crippen LogP contribution in [0.15, 0.2) is 24.3 Å². The maximum absolute atomic E-state index is 12.3. The van der Waals surface area contributed by atoms with Gasteiger partial charge in [-0.25, -0.2) is 4.79 Å². The van der Waals surface area contributed by atoms with E-state index < -0.39 is 5.97 Å². The first-order valence-corrected chi connectivity index (χ1v) is 7.89. The summed E-state index contributed by atoms with van der Waals surface area (Å²) in [7, 11) is 0. The van der Waals surface area contributed by atoms with Crippen molar-refractivity contribution in [3.63, 3.8) is 0 Å². The molecule has 4 heteroatoms. The van der Waals surface area contributed by atoms with Crippen LogP contribution in [0.2, 0.25) is 0 Å². The molecular weight excluding hydrogens is 278 g/mol. The Morgan fingerprint density at radius 1 is 1.27 bits per heavy atom. The summed E-state index contributed by atoms with van der Waals surface area (Å²) in [5.74, 6) is -0.115. The van der Waals surface area contributed by atoms with Crippen molar-refractivity contribution in [3.05, 3.63) is 29.8 Å². The number of carboxylic acid groups (broad SMARTS) is 1. The molecule has 4 nitrogen and oxygen atoms in total. The average molecular weight is 303 g/mol. The molecule has 2 atom stereocenters. The fourth-order valence-corrected chi connectivity index (χ4v) is 3.94. The van der Waals surface area contributed by atoms with Crippen LogP contribution >= 0.6 is 0 Å². The van der Waals surface area contributed by atoms with Crippen LogP contribution in [-0.4, -0.2) is 17.0 Å². The van der Waals surface area contributed by atoms with Crippen molar-refractivity contribution >= 4 is 17.6 Å². The van der Waals surface area contributed by atoms with Gasteiger partial charge >= 0.3 is 5.97 Å². The van der Waals surface area contributed by atoms with Gasteiger partial charge in [0, 0.05) is 6.42 Å². The number of aromatic carboxylic acids is 1. The standard InChI is InChI=1S/C18H25NO3/c1-12-8-13(11-18(2,3)10-12)9-16(20)19-15-7-5-4-6-14(15)17(21)22/h4-7,12-13H,8-11H2,1-3H3,(H,19,20)(H,21,22). The molecule has 0 bridgehead atoms. The SMILES string of the molecule is CC1CC(CC(=O)Nc2ccccc2C(=O)O)CC(C)(C)C1. The van der Waals surface area contributed by atoms with Crippen LogP contribution in [0, 0.1) is 17.3 Å². The summed E-state index contributed by atoms with van der Waals surface area (Å²) in [6, 6.07) is 6.52. The van der Waals surface area contributed by atoms with Gasteiger partial charge in [0.05, 0.1) is 11.3 Å². The van der Waals surface area contributed by atoms with Gasteiger partial charge in [-0.05, 0) is 48.6 Å². The molecule has 120 valence electrons. The van der Waals surface area contributed by atoms with Gasteiger partial charge in [-0.15, -0.1) is 0 Å². The predicted octanol–water partition coefficient (Wildman–Crippen LogP) is 4.18. The maximum Gasteiger partial charge on any atom is 0.337 e. The second-order valence-corrected chi connectivity index (χ2v) is 7.38. The maximum atomic E-state index is 12.3. The number of carbonyl (C=O) groups is 2. The summed E-state index contributed by atoms with van der Waals surface area (Å²) < 4.78 is 0. The Hall–Kier alpha value is -1.84. The molecule has 22 heavy (non-hydrogen) atoms. The third kappa shape index (κ3) is 4.33. The first kappa shape index (κ1) is 16.5. The summed E-state index contributed by atoms with van der Waals surface area (Å²) in [5.41, 5.74) is 0.790. The topological polar surface area (TPSA) is 66.4 Å². The van der Waals surface area contributed by atoms with Crippen LogP contribution in [-0.2, 0) is 4.79 Å². The second-order valence-electron chi connectivity index (χ2n) is 7.38. The van der Waals surface area contributed by atoms with Crippen molar-refractivity contribution in [3.8, 4) is 0 Å². The lowest BCUT2D eigenvalue weighted by Crippen LogP contribution is -2.30. The molecule has 0 radical (unpaired) electrons. The number of para-hydroxylation sites is 1. The van der Waals surface area contributed by atoms with Crippen molar-refractivity contribution in [1.29, 1.82) is 0 Å². The number of nitrogens with one attached hydrogen (secondary N) is 1. The van der Waals surface area contributed by atoms with Gasteiger partial charge in [0.2, 0.25) is 5.91 Å². The van der Waals surface area contributed by atoms with Crippen molar-refractivity contribution < 1.29 is 14.7 Å². The highest BCUT2D eigenvalue weighted by Gasteiger charge is 2.32. The van der Waals surface area contributed by atoms with Gasteiger partial charge in [-0.1, -0.05) is 32.9 Å². The molecule has 1 fully saturated rings. The fraction of sp³-hybridized carbons (Fsp3) is 0.556. The molecule has 2 N–H and O–H groups in total. The van der Waals surface area contributed by atoms with Crippen LogP contribution < -0.4 is 5.32 Å². The highest BCUT2D eigenvalue weighted by atomic mass is 16.4. The number of amides is 1. The Morgan fingerprint density at radius 2 is 1.95 bits per heavy atom. The zero-order valence-electron chi connectivity index (χ0n) is 13.6. The van der Waals surface area contributed by atoms with E-state index in [9.17, 15) is 9.59 Å². The Kier molecular flexibility index (Phi) is 4.89. The molecule has 0 spiro atoms. The Balaban J connectivity index is 2.00. The minimum absolute atomic E-state index is 0.0939. The molecule has 2 unspecified atom stereocenters. The summed E-state index contributed by atoms with van der Waals surface area (Å²) in [4.78, 5) is 23.4. The van der Waals surface area contributed by atoms with Crippen molar-refractivity contribution in [1.82, 2.24) is 0 Å². The normalized spacial score (nSPS) is 23.8. The van der Waals surface area contributed by atoms with Crippen molar-refractivity contribution in [2.24, 2.45) is 17.3 Å². The summed E-state index contributed by atoms with van der Waals surface area (Å²) in [6.45, 7) is 6.76. The zero-order valence-corrected chi connectivity index (χ0v) is 13.6. The van der Waals surface area contributed by atoms with E-state index in [1.54, 1.807) is 18.2 Å². The Morgan fingerprint density at radius 3 is 2.59 bits per heavy atom. The number of hydrogen-bond acceptors (Lipinski definition) is 2. The number of rotatable bonds is 4. The number of carboxylic acids is 1. The molecule has 1 aliphatic carbocycles. The lowest BCUT2D eigenvalue weighted by atomic mass is 9.67. The van der Waals surface area contributed by atoms with Gasteiger partial charge in [0.1, 0.15) is 0 Å². The lowest BCUT2D eigenvalue weighted by molar-refractivity contribution is -0.117. The van der Waals surface area contributed by atoms with Crippen molar-refractivity contribution in [2.75, 3.05) is 5.32 Å². The summed E-state index contributed by atoms with van der Waals surface area (Å²) >= 11 is 0. The monoisotopic (exact) mass is 303 g/mol.